The number of carboxylic acid groups (broad SMARTS) is 1. The van der Waals surface area contributed by atoms with Gasteiger partial charge < -0.3 is 30.0 Å². The molecule has 0 aliphatic rings. The highest BCUT2D eigenvalue weighted by Crippen LogP contribution is 2.22. The van der Waals surface area contributed by atoms with Crippen LogP contribution >= 0.6 is 0 Å². The van der Waals surface area contributed by atoms with Crippen LogP contribution in [0.25, 0.3) is 0 Å². The van der Waals surface area contributed by atoms with Crippen molar-refractivity contribution in [1.82, 2.24) is 10.6 Å². The molecule has 10 heteroatoms. The molecule has 3 N–H and O–H groups in total. The number of hydrogen-bond acceptors (Lipinski definition) is 7. The zero-order valence-corrected chi connectivity index (χ0v) is 25.6. The molecule has 1 aromatic rings. The number of ether oxygens (including phenoxy) is 3. The van der Waals surface area contributed by atoms with Crippen molar-refractivity contribution in [2.75, 3.05) is 0 Å². The van der Waals surface area contributed by atoms with Crippen LogP contribution in [-0.2, 0) is 30.4 Å². The van der Waals surface area contributed by atoms with Gasteiger partial charge in [0.05, 0.1) is 0 Å². The van der Waals surface area contributed by atoms with E-state index >= 15 is 0 Å². The number of esters is 1. The summed E-state index contributed by atoms with van der Waals surface area (Å²) in [5, 5.41) is 14.0. The van der Waals surface area contributed by atoms with E-state index in [0.29, 0.717) is 0 Å². The molecule has 0 fully saturated rings. The summed E-state index contributed by atoms with van der Waals surface area (Å²) >= 11 is 0. The largest absolute Gasteiger partial charge is 0.480 e. The van der Waals surface area contributed by atoms with Crippen molar-refractivity contribution in [3.63, 3.8) is 0 Å². The third-order valence-electron chi connectivity index (χ3n) is 4.76. The van der Waals surface area contributed by atoms with Gasteiger partial charge in [-0.25, -0.2) is 19.2 Å². The maximum absolute atomic E-state index is 12.4. The monoisotopic (exact) mass is 552 g/mol. The Bertz CT molecular complexity index is 949. The van der Waals surface area contributed by atoms with Crippen LogP contribution in [0.15, 0.2) is 30.3 Å². The summed E-state index contributed by atoms with van der Waals surface area (Å²) < 4.78 is 15.6. The van der Waals surface area contributed by atoms with Crippen LogP contribution in [0.5, 0.6) is 0 Å². The Labute approximate surface area is 233 Å². The number of aliphatic carboxylic acids is 1. The lowest BCUT2D eigenvalue weighted by Crippen LogP contribution is -2.51. The van der Waals surface area contributed by atoms with Gasteiger partial charge in [-0.15, -0.1) is 0 Å². The van der Waals surface area contributed by atoms with E-state index in [1.54, 1.807) is 62.3 Å². The number of alkyl carbamates (subject to hydrolysis) is 2. The molecular formula is C29H48N2O8. The van der Waals surface area contributed by atoms with Gasteiger partial charge in [0.2, 0.25) is 0 Å². The molecule has 0 bridgehead atoms. The summed E-state index contributed by atoms with van der Waals surface area (Å²) in [4.78, 5) is 46.7. The van der Waals surface area contributed by atoms with Gasteiger partial charge in [-0.3, -0.25) is 0 Å². The molecule has 1 rings (SSSR count). The van der Waals surface area contributed by atoms with Crippen molar-refractivity contribution in [3.8, 4) is 0 Å². The summed E-state index contributed by atoms with van der Waals surface area (Å²) in [6.07, 6.45) is -1.34. The van der Waals surface area contributed by atoms with Crippen molar-refractivity contribution in [2.24, 2.45) is 10.8 Å². The van der Waals surface area contributed by atoms with Crippen LogP contribution in [0, 0.1) is 10.8 Å². The van der Waals surface area contributed by atoms with Gasteiger partial charge in [0.25, 0.3) is 0 Å². The first kappa shape index (κ1) is 35.7. The predicted octanol–water partition coefficient (Wildman–Crippen LogP) is 5.68. The van der Waals surface area contributed by atoms with Gasteiger partial charge in [0.1, 0.15) is 29.9 Å². The summed E-state index contributed by atoms with van der Waals surface area (Å²) in [5.41, 5.74) is -1.43. The Morgan fingerprint density at radius 1 is 0.692 bits per heavy atom. The lowest BCUT2D eigenvalue weighted by molar-refractivity contribution is -0.150. The van der Waals surface area contributed by atoms with Gasteiger partial charge in [-0.1, -0.05) is 71.9 Å². The molecule has 2 amide bonds. The minimum atomic E-state index is -1.07. The second-order valence-electron chi connectivity index (χ2n) is 13.3. The lowest BCUT2D eigenvalue weighted by Gasteiger charge is -2.30. The van der Waals surface area contributed by atoms with E-state index in [1.165, 1.54) is 0 Å². The van der Waals surface area contributed by atoms with E-state index in [-0.39, 0.29) is 6.61 Å². The zero-order valence-electron chi connectivity index (χ0n) is 25.6. The number of hydrogen-bond donors (Lipinski definition) is 3. The fourth-order valence-corrected chi connectivity index (χ4v) is 2.94. The van der Waals surface area contributed by atoms with Crippen LogP contribution in [0.2, 0.25) is 0 Å². The Balaban J connectivity index is 0.000000794. The molecular weight excluding hydrogens is 504 g/mol. The third kappa shape index (κ3) is 16.3. The molecule has 2 atom stereocenters. The number of rotatable bonds is 6. The maximum atomic E-state index is 12.4. The van der Waals surface area contributed by atoms with Crippen LogP contribution in [-0.4, -0.2) is 52.5 Å². The Kier molecular flexibility index (Phi) is 13.0. The quantitative estimate of drug-likeness (QED) is 0.302. The Hall–Kier alpha value is -3.30. The number of carbonyl (C=O) groups excluding carboxylic acids is 3. The van der Waals surface area contributed by atoms with E-state index in [4.69, 9.17) is 19.3 Å². The average molecular weight is 553 g/mol. The normalized spacial score (nSPS) is 13.5. The molecule has 1 aromatic carbocycles. The standard InChI is InChI=1S/C18H27NO4.C11H21NO4/c1-17(2,3)14(19-16(21)23-18(4,5)6)15(20)22-12-13-10-8-7-9-11-13;1-10(2,3)7(8(13)14)12-9(15)16-11(4,5)6/h7-11,14H,12H2,1-6H3,(H,19,21);7H,1-6H3,(H,12,15)(H,13,14)/t14-;7-/m00/s1. The molecule has 0 heterocycles. The highest BCUT2D eigenvalue weighted by Gasteiger charge is 2.36. The molecule has 0 aliphatic heterocycles. The lowest BCUT2D eigenvalue weighted by atomic mass is 9.87. The minimum Gasteiger partial charge on any atom is -0.480 e. The fourth-order valence-electron chi connectivity index (χ4n) is 2.94. The molecule has 0 saturated carbocycles. The van der Waals surface area contributed by atoms with E-state index in [2.05, 4.69) is 10.6 Å². The topological polar surface area (TPSA) is 140 Å². The van der Waals surface area contributed by atoms with Gasteiger partial charge in [0.15, 0.2) is 0 Å². The highest BCUT2D eigenvalue weighted by atomic mass is 16.6. The summed E-state index contributed by atoms with van der Waals surface area (Å²) in [5.74, 6) is -1.55. The van der Waals surface area contributed by atoms with Gasteiger partial charge in [-0.2, -0.15) is 0 Å². The molecule has 0 aromatic heterocycles. The van der Waals surface area contributed by atoms with Crippen LogP contribution in [0.4, 0.5) is 9.59 Å². The highest BCUT2D eigenvalue weighted by molar-refractivity contribution is 5.82. The minimum absolute atomic E-state index is 0.169. The van der Waals surface area contributed by atoms with Crippen molar-refractivity contribution in [3.05, 3.63) is 35.9 Å². The molecule has 222 valence electrons. The van der Waals surface area contributed by atoms with Crippen molar-refractivity contribution in [1.29, 1.82) is 0 Å². The Morgan fingerprint density at radius 2 is 1.08 bits per heavy atom. The van der Waals surface area contributed by atoms with Crippen molar-refractivity contribution < 1.29 is 38.5 Å². The average Bonchev–Trinajstić information content (AvgIpc) is 2.71. The first-order valence-electron chi connectivity index (χ1n) is 12.8. The first-order chi connectivity index (χ1) is 17.4. The molecule has 39 heavy (non-hydrogen) atoms. The SMILES string of the molecule is CC(C)(C)OC(=O)N[C@@H](C(=O)O)C(C)(C)C.CC(C)(C)OC(=O)N[C@@H](C(=O)OCc1ccccc1)C(C)(C)C. The predicted molar refractivity (Wildman–Crippen MR) is 149 cm³/mol. The van der Waals surface area contributed by atoms with Crippen molar-refractivity contribution >= 4 is 24.1 Å². The summed E-state index contributed by atoms with van der Waals surface area (Å²) in [6.45, 7) is 21.4. The third-order valence-corrected chi connectivity index (χ3v) is 4.76. The van der Waals surface area contributed by atoms with Gasteiger partial charge >= 0.3 is 24.1 Å². The summed E-state index contributed by atoms with van der Waals surface area (Å²) in [6, 6.07) is 7.64. The van der Waals surface area contributed by atoms with E-state index in [1.807, 2.05) is 51.1 Å². The number of amides is 2. The smallest absolute Gasteiger partial charge is 0.408 e. The molecule has 0 aliphatic carbocycles. The van der Waals surface area contributed by atoms with E-state index < -0.39 is 58.2 Å². The van der Waals surface area contributed by atoms with Crippen LogP contribution < -0.4 is 10.6 Å². The number of carboxylic acids is 1. The number of carbonyl (C=O) groups is 4. The second kappa shape index (κ2) is 14.2. The molecule has 0 unspecified atom stereocenters. The second-order valence-corrected chi connectivity index (χ2v) is 13.3. The van der Waals surface area contributed by atoms with Crippen LogP contribution in [0.3, 0.4) is 0 Å². The van der Waals surface area contributed by atoms with E-state index in [0.717, 1.165) is 5.56 Å². The number of nitrogens with one attached hydrogen (secondary N) is 2. The first-order valence-corrected chi connectivity index (χ1v) is 12.8. The molecule has 0 saturated heterocycles. The van der Waals surface area contributed by atoms with Crippen LogP contribution in [0.1, 0.15) is 88.6 Å². The molecule has 0 radical (unpaired) electrons. The number of benzene rings is 1. The van der Waals surface area contributed by atoms with Gasteiger partial charge in [-0.05, 0) is 57.9 Å². The Morgan fingerprint density at radius 3 is 1.41 bits per heavy atom. The maximum Gasteiger partial charge on any atom is 0.408 e. The van der Waals surface area contributed by atoms with Crippen molar-refractivity contribution in [2.45, 2.75) is 113 Å². The molecule has 0 spiro atoms. The van der Waals surface area contributed by atoms with E-state index in [9.17, 15) is 19.2 Å². The fraction of sp³-hybridized carbons (Fsp3) is 0.655. The van der Waals surface area contributed by atoms with Gasteiger partial charge in [0, 0.05) is 0 Å². The summed E-state index contributed by atoms with van der Waals surface area (Å²) in [7, 11) is 0. The molecule has 10 nitrogen and oxygen atoms in total. The zero-order chi connectivity index (χ0) is 30.8.